The van der Waals surface area contributed by atoms with E-state index in [0.717, 1.165) is 92.9 Å². The third-order valence-electron chi connectivity index (χ3n) is 12.1. The average Bonchev–Trinajstić information content (AvgIpc) is 3.72. The number of carbonyl (C=O) groups is 5. The second kappa shape index (κ2) is 17.3. The highest BCUT2D eigenvalue weighted by Crippen LogP contribution is 2.36. The second-order valence-corrected chi connectivity index (χ2v) is 16.1. The van der Waals surface area contributed by atoms with Crippen LogP contribution in [0.4, 0.5) is 11.6 Å². The van der Waals surface area contributed by atoms with Gasteiger partial charge in [0.25, 0.3) is 17.4 Å². The summed E-state index contributed by atoms with van der Waals surface area (Å²) in [5, 5.41) is 9.91. The average molecular weight is 767 g/mol. The number of unbranched alkanes of at least 4 members (excludes halogenated alkanes) is 6. The lowest BCUT2D eigenvalue weighted by Crippen LogP contribution is -2.54. The molecule has 3 fully saturated rings. The number of imide groups is 2. The molecule has 1 aromatic carbocycles. The molecule has 7 rings (SSSR count). The molecule has 5 heterocycles. The number of likely N-dealkylation sites (tertiary alicyclic amines) is 1. The fraction of sp³-hybridized carbons (Fsp3) is 0.571. The fourth-order valence-corrected chi connectivity index (χ4v) is 8.93. The molecule has 3 N–H and O–H groups in total. The van der Waals surface area contributed by atoms with Crippen LogP contribution in [-0.4, -0.2) is 85.6 Å². The number of aromatic nitrogens is 3. The van der Waals surface area contributed by atoms with Crippen molar-refractivity contribution in [2.24, 2.45) is 5.92 Å². The molecule has 1 saturated carbocycles. The van der Waals surface area contributed by atoms with Crippen molar-refractivity contribution in [3.63, 3.8) is 0 Å². The highest BCUT2D eigenvalue weighted by molar-refractivity contribution is 6.25. The lowest BCUT2D eigenvalue weighted by atomic mass is 10.0. The number of anilines is 2. The summed E-state index contributed by atoms with van der Waals surface area (Å²) in [5.41, 5.74) is 2.59. The lowest BCUT2D eigenvalue weighted by Gasteiger charge is -2.32. The third-order valence-corrected chi connectivity index (χ3v) is 12.1. The van der Waals surface area contributed by atoms with Gasteiger partial charge < -0.3 is 15.5 Å². The minimum absolute atomic E-state index is 0.0360. The number of amides is 5. The van der Waals surface area contributed by atoms with E-state index in [1.54, 1.807) is 18.2 Å². The van der Waals surface area contributed by atoms with E-state index in [4.69, 9.17) is 4.98 Å². The van der Waals surface area contributed by atoms with Gasteiger partial charge in [-0.2, -0.15) is 4.98 Å². The number of aryl methyl sites for hydroxylation is 1. The van der Waals surface area contributed by atoms with E-state index < -0.39 is 29.7 Å². The number of nitrogens with one attached hydrogen (secondary N) is 3. The molecule has 298 valence electrons. The normalized spacial score (nSPS) is 21.5. The lowest BCUT2D eigenvalue weighted by molar-refractivity contribution is -0.136. The van der Waals surface area contributed by atoms with Crippen molar-refractivity contribution in [3.05, 3.63) is 57.5 Å². The van der Waals surface area contributed by atoms with Crippen LogP contribution < -0.4 is 21.5 Å². The maximum Gasteiger partial charge on any atom is 0.264 e. The fourth-order valence-electron chi connectivity index (χ4n) is 8.93. The van der Waals surface area contributed by atoms with Gasteiger partial charge in [0, 0.05) is 67.4 Å². The Morgan fingerprint density at radius 1 is 0.911 bits per heavy atom. The van der Waals surface area contributed by atoms with E-state index in [1.165, 1.54) is 0 Å². The standard InChI is InChI=1S/C42H54N8O6/c1-26-12-10-15-32(26)49-37-28(24-27(2)39(49)54)25-44-42(47-37)45-29-19-22-48(23-20-29)35(52)16-8-6-4-3-5-7-9-21-43-31-14-11-13-30-36(31)41(56)50(40(30)55)33-17-18-34(51)46-38(33)53/h11,13-14,24-26,29,32-33,43H,3-10,12,15-23H2,1-2H3,(H,44,45,47)(H,46,51,53)/t26-,32+,33?/m0/s1. The Kier molecular flexibility index (Phi) is 12.1. The molecule has 2 saturated heterocycles. The van der Waals surface area contributed by atoms with Crippen molar-refractivity contribution in [1.29, 1.82) is 0 Å². The first-order valence-corrected chi connectivity index (χ1v) is 20.6. The molecule has 1 unspecified atom stereocenters. The van der Waals surface area contributed by atoms with E-state index in [-0.39, 0.29) is 47.5 Å². The maximum atomic E-state index is 13.3. The van der Waals surface area contributed by atoms with Crippen molar-refractivity contribution in [2.75, 3.05) is 30.3 Å². The molecule has 0 bridgehead atoms. The summed E-state index contributed by atoms with van der Waals surface area (Å²) in [6.07, 6.45) is 14.5. The largest absolute Gasteiger partial charge is 0.384 e. The molecule has 14 nitrogen and oxygen atoms in total. The molecule has 0 spiro atoms. The first kappa shape index (κ1) is 39.1. The van der Waals surface area contributed by atoms with Crippen LogP contribution in [0.2, 0.25) is 0 Å². The number of rotatable bonds is 15. The molecule has 1 aliphatic carbocycles. The van der Waals surface area contributed by atoms with Crippen LogP contribution in [0.5, 0.6) is 0 Å². The van der Waals surface area contributed by atoms with Gasteiger partial charge in [0.15, 0.2) is 0 Å². The van der Waals surface area contributed by atoms with Crippen LogP contribution in [0, 0.1) is 12.8 Å². The topological polar surface area (TPSA) is 176 Å². The monoisotopic (exact) mass is 766 g/mol. The van der Waals surface area contributed by atoms with E-state index in [1.807, 2.05) is 28.7 Å². The maximum absolute atomic E-state index is 13.3. The highest BCUT2D eigenvalue weighted by Gasteiger charge is 2.45. The smallest absolute Gasteiger partial charge is 0.264 e. The molecule has 3 aliphatic heterocycles. The predicted molar refractivity (Wildman–Crippen MR) is 212 cm³/mol. The van der Waals surface area contributed by atoms with Gasteiger partial charge in [-0.1, -0.05) is 51.5 Å². The van der Waals surface area contributed by atoms with Crippen molar-refractivity contribution in [2.45, 2.75) is 128 Å². The number of hydrogen-bond donors (Lipinski definition) is 3. The summed E-state index contributed by atoms with van der Waals surface area (Å²) in [5.74, 6) is -0.839. The zero-order chi connectivity index (χ0) is 39.3. The van der Waals surface area contributed by atoms with Gasteiger partial charge in [-0.15, -0.1) is 0 Å². The number of pyridine rings is 1. The summed E-state index contributed by atoms with van der Waals surface area (Å²) in [4.78, 5) is 88.9. The second-order valence-electron chi connectivity index (χ2n) is 16.1. The predicted octanol–water partition coefficient (Wildman–Crippen LogP) is 5.50. The Labute approximate surface area is 327 Å². The van der Waals surface area contributed by atoms with Gasteiger partial charge in [0.2, 0.25) is 23.7 Å². The van der Waals surface area contributed by atoms with Gasteiger partial charge in [0.1, 0.15) is 11.7 Å². The van der Waals surface area contributed by atoms with Crippen molar-refractivity contribution in [3.8, 4) is 0 Å². The first-order chi connectivity index (χ1) is 27.1. The van der Waals surface area contributed by atoms with Gasteiger partial charge in [0.05, 0.1) is 11.1 Å². The number of hydrogen-bond acceptors (Lipinski definition) is 10. The zero-order valence-electron chi connectivity index (χ0n) is 32.6. The van der Waals surface area contributed by atoms with E-state index in [9.17, 15) is 28.8 Å². The van der Waals surface area contributed by atoms with Crippen molar-refractivity contribution < 1.29 is 24.0 Å². The summed E-state index contributed by atoms with van der Waals surface area (Å²) < 4.78 is 1.91. The first-order valence-electron chi connectivity index (χ1n) is 20.6. The van der Waals surface area contributed by atoms with Crippen LogP contribution in [0.3, 0.4) is 0 Å². The Hall–Kier alpha value is -5.14. The Balaban J connectivity index is 0.773. The highest BCUT2D eigenvalue weighted by atomic mass is 16.2. The van der Waals surface area contributed by atoms with Crippen molar-refractivity contribution in [1.82, 2.24) is 29.7 Å². The summed E-state index contributed by atoms with van der Waals surface area (Å²) in [6.45, 7) is 6.14. The SMILES string of the molecule is Cc1cc2cnc(NC3CCN(C(=O)CCCCCCCCCNc4cccc5c4C(=O)N(C4CCC(=O)NC4=O)C5=O)CC3)nc2n([C@@H]2CCC[C@@H]2C)c1=O. The van der Waals surface area contributed by atoms with Gasteiger partial charge in [-0.05, 0) is 76.0 Å². The molecule has 2 aromatic heterocycles. The number of nitrogens with zero attached hydrogens (tertiary/aromatic N) is 5. The Morgan fingerprint density at radius 2 is 1.66 bits per heavy atom. The summed E-state index contributed by atoms with van der Waals surface area (Å²) in [7, 11) is 0. The summed E-state index contributed by atoms with van der Waals surface area (Å²) >= 11 is 0. The molecule has 14 heteroatoms. The number of fused-ring (bicyclic) bond motifs is 2. The van der Waals surface area contributed by atoms with Gasteiger partial charge >= 0.3 is 0 Å². The molecular formula is C42H54N8O6. The van der Waals surface area contributed by atoms with Crippen LogP contribution >= 0.6 is 0 Å². The molecule has 0 radical (unpaired) electrons. The van der Waals surface area contributed by atoms with Gasteiger partial charge in [-0.3, -0.25) is 43.6 Å². The Morgan fingerprint density at radius 3 is 2.39 bits per heavy atom. The minimum atomic E-state index is -0.982. The Bertz CT molecular complexity index is 2060. The minimum Gasteiger partial charge on any atom is -0.384 e. The quantitative estimate of drug-likeness (QED) is 0.132. The molecule has 3 atom stereocenters. The molecule has 56 heavy (non-hydrogen) atoms. The van der Waals surface area contributed by atoms with E-state index in [0.29, 0.717) is 49.3 Å². The number of carbonyl (C=O) groups excluding carboxylic acids is 5. The molecular weight excluding hydrogens is 713 g/mol. The number of benzene rings is 1. The van der Waals surface area contributed by atoms with E-state index in [2.05, 4.69) is 27.9 Å². The van der Waals surface area contributed by atoms with Crippen LogP contribution in [0.15, 0.2) is 35.3 Å². The van der Waals surface area contributed by atoms with Crippen LogP contribution in [0.25, 0.3) is 11.0 Å². The third kappa shape index (κ3) is 8.34. The zero-order valence-corrected chi connectivity index (χ0v) is 32.6. The van der Waals surface area contributed by atoms with Crippen LogP contribution in [-0.2, 0) is 14.4 Å². The molecule has 5 amide bonds. The van der Waals surface area contributed by atoms with E-state index >= 15 is 0 Å². The summed E-state index contributed by atoms with van der Waals surface area (Å²) in [6, 6.07) is 6.33. The number of piperidine rings is 2. The molecule has 4 aliphatic rings. The van der Waals surface area contributed by atoms with Crippen molar-refractivity contribution >= 4 is 52.2 Å². The van der Waals surface area contributed by atoms with Crippen LogP contribution in [0.1, 0.15) is 136 Å². The van der Waals surface area contributed by atoms with Gasteiger partial charge in [-0.25, -0.2) is 4.98 Å². The molecule has 3 aromatic rings.